The Morgan fingerprint density at radius 1 is 0.946 bits per heavy atom. The van der Waals surface area contributed by atoms with Crippen LogP contribution in [0.3, 0.4) is 0 Å². The second-order valence-corrected chi connectivity index (χ2v) is 7.97. The number of carbonyl (C=O) groups is 2. The second-order valence-electron chi connectivity index (χ2n) is 7.97. The van der Waals surface area contributed by atoms with Gasteiger partial charge in [-0.2, -0.15) is 10.2 Å². The van der Waals surface area contributed by atoms with Crippen molar-refractivity contribution >= 4 is 23.7 Å². The fourth-order valence-electron chi connectivity index (χ4n) is 3.42. The fraction of sp³-hybridized carbons (Fsp3) is 0.143. The monoisotopic (exact) mass is 497 g/mol. The van der Waals surface area contributed by atoms with Gasteiger partial charge in [-0.05, 0) is 67.1 Å². The maximum absolute atomic E-state index is 12.3. The third kappa shape index (κ3) is 6.61. The van der Waals surface area contributed by atoms with Gasteiger partial charge in [-0.25, -0.2) is 10.1 Å². The molecule has 188 valence electrons. The number of hydrazone groups is 1. The number of nitrogens with zero attached hydrogens (tertiary/aromatic N) is 3. The number of amides is 2. The van der Waals surface area contributed by atoms with Crippen LogP contribution in [0.15, 0.2) is 90.2 Å². The van der Waals surface area contributed by atoms with Gasteiger partial charge in [0.05, 0.1) is 25.6 Å². The first-order valence-electron chi connectivity index (χ1n) is 11.7. The number of anilines is 1. The first kappa shape index (κ1) is 25.2. The molecule has 2 amide bonds. The van der Waals surface area contributed by atoms with Crippen LogP contribution in [0.5, 0.6) is 11.5 Å². The molecule has 2 N–H and O–H groups in total. The van der Waals surface area contributed by atoms with Crippen molar-refractivity contribution in [1.29, 1.82) is 0 Å². The van der Waals surface area contributed by atoms with E-state index in [1.54, 1.807) is 42.3 Å². The summed E-state index contributed by atoms with van der Waals surface area (Å²) in [5, 5.41) is 11.2. The Bertz CT molecular complexity index is 1360. The normalized spacial score (nSPS) is 10.8. The van der Waals surface area contributed by atoms with E-state index in [1.165, 1.54) is 6.21 Å². The number of hydrogen-bond acceptors (Lipinski definition) is 6. The Morgan fingerprint density at radius 3 is 2.32 bits per heavy atom. The Hall–Kier alpha value is -4.92. The molecule has 0 radical (unpaired) electrons. The first-order valence-corrected chi connectivity index (χ1v) is 11.7. The lowest BCUT2D eigenvalue weighted by Gasteiger charge is -2.06. The molecule has 4 rings (SSSR count). The van der Waals surface area contributed by atoms with E-state index in [0.717, 1.165) is 23.4 Å². The highest BCUT2D eigenvalue weighted by Gasteiger charge is 2.14. The molecule has 0 saturated heterocycles. The van der Waals surface area contributed by atoms with Gasteiger partial charge in [0, 0.05) is 23.0 Å². The van der Waals surface area contributed by atoms with E-state index in [9.17, 15) is 9.59 Å². The van der Waals surface area contributed by atoms with Gasteiger partial charge in [-0.15, -0.1) is 0 Å². The van der Waals surface area contributed by atoms with Gasteiger partial charge in [0.25, 0.3) is 0 Å². The summed E-state index contributed by atoms with van der Waals surface area (Å²) in [6.45, 7) is 2.70. The summed E-state index contributed by atoms with van der Waals surface area (Å²) in [6, 6.07) is 23.9. The lowest BCUT2D eigenvalue weighted by atomic mass is 10.1. The third-order valence-electron chi connectivity index (χ3n) is 5.29. The molecule has 1 aromatic heterocycles. The van der Waals surface area contributed by atoms with Crippen LogP contribution in [0.25, 0.3) is 16.9 Å². The lowest BCUT2D eigenvalue weighted by molar-refractivity contribution is -0.136. The van der Waals surface area contributed by atoms with Crippen molar-refractivity contribution in [2.75, 3.05) is 19.0 Å². The molecule has 3 aromatic carbocycles. The summed E-state index contributed by atoms with van der Waals surface area (Å²) in [4.78, 5) is 24.5. The first-order chi connectivity index (χ1) is 18.1. The summed E-state index contributed by atoms with van der Waals surface area (Å²) in [7, 11) is 1.55. The number of benzene rings is 3. The number of methoxy groups -OCH3 is 1. The average molecular weight is 498 g/mol. The smallest absolute Gasteiger partial charge is 0.329 e. The van der Waals surface area contributed by atoms with Crippen molar-refractivity contribution in [3.05, 3.63) is 90.6 Å². The van der Waals surface area contributed by atoms with E-state index in [-0.39, 0.29) is 0 Å². The quantitative estimate of drug-likeness (QED) is 0.202. The van der Waals surface area contributed by atoms with Crippen LogP contribution in [0.2, 0.25) is 0 Å². The van der Waals surface area contributed by atoms with Crippen molar-refractivity contribution < 1.29 is 19.1 Å². The van der Waals surface area contributed by atoms with E-state index in [0.29, 0.717) is 29.3 Å². The number of ether oxygens (including phenoxy) is 2. The van der Waals surface area contributed by atoms with Gasteiger partial charge in [-0.1, -0.05) is 25.1 Å². The molecule has 4 aromatic rings. The summed E-state index contributed by atoms with van der Waals surface area (Å²) in [6.07, 6.45) is 4.19. The van der Waals surface area contributed by atoms with Gasteiger partial charge >= 0.3 is 11.8 Å². The van der Waals surface area contributed by atoms with E-state index >= 15 is 0 Å². The van der Waals surface area contributed by atoms with Gasteiger partial charge in [0.15, 0.2) is 0 Å². The van der Waals surface area contributed by atoms with E-state index in [2.05, 4.69) is 22.8 Å². The molecule has 0 fully saturated rings. The minimum Gasteiger partial charge on any atom is -0.497 e. The number of para-hydroxylation sites is 1. The SMILES string of the molecule is CCCOc1ccc(-c2nn(-c3ccccc3)cc2/C=N\NC(=O)C(=O)Nc2ccc(OC)cc2)cc1. The predicted octanol–water partition coefficient (Wildman–Crippen LogP) is 4.43. The Morgan fingerprint density at radius 2 is 1.65 bits per heavy atom. The van der Waals surface area contributed by atoms with Crippen molar-refractivity contribution in [3.8, 4) is 28.4 Å². The minimum atomic E-state index is -0.901. The molecule has 1 heterocycles. The Balaban J connectivity index is 1.50. The van der Waals surface area contributed by atoms with Crippen LogP contribution in [-0.2, 0) is 9.59 Å². The fourth-order valence-corrected chi connectivity index (χ4v) is 3.42. The molecule has 0 spiro atoms. The molecular weight excluding hydrogens is 470 g/mol. The molecule has 0 bridgehead atoms. The zero-order chi connectivity index (χ0) is 26.0. The molecule has 9 heteroatoms. The van der Waals surface area contributed by atoms with Gasteiger partial charge < -0.3 is 14.8 Å². The number of rotatable bonds is 9. The van der Waals surface area contributed by atoms with Crippen LogP contribution in [0.4, 0.5) is 5.69 Å². The number of aromatic nitrogens is 2. The molecule has 0 atom stereocenters. The summed E-state index contributed by atoms with van der Waals surface area (Å²) >= 11 is 0. The highest BCUT2D eigenvalue weighted by molar-refractivity contribution is 6.39. The topological polar surface area (TPSA) is 107 Å². The molecule has 0 aliphatic carbocycles. The standard InChI is InChI=1S/C28H27N5O4/c1-3-17-37-25-13-9-20(10-14-25)26-21(19-33(32-26)23-7-5-4-6-8-23)18-29-31-28(35)27(34)30-22-11-15-24(36-2)16-12-22/h4-16,18-19H,3,17H2,1-2H3,(H,30,34)(H,31,35)/b29-18-. The molecule has 9 nitrogen and oxygen atoms in total. The van der Waals surface area contributed by atoms with Crippen LogP contribution in [-0.4, -0.2) is 41.5 Å². The van der Waals surface area contributed by atoms with Crippen LogP contribution < -0.4 is 20.2 Å². The Kier molecular flexibility index (Phi) is 8.28. The Labute approximate surface area is 214 Å². The molecule has 37 heavy (non-hydrogen) atoms. The van der Waals surface area contributed by atoms with Crippen molar-refractivity contribution in [2.45, 2.75) is 13.3 Å². The zero-order valence-corrected chi connectivity index (χ0v) is 20.5. The average Bonchev–Trinajstić information content (AvgIpc) is 3.37. The van der Waals surface area contributed by atoms with Crippen molar-refractivity contribution in [2.24, 2.45) is 5.10 Å². The van der Waals surface area contributed by atoms with E-state index in [4.69, 9.17) is 14.6 Å². The molecule has 0 aliphatic heterocycles. The van der Waals surface area contributed by atoms with Crippen molar-refractivity contribution in [1.82, 2.24) is 15.2 Å². The highest BCUT2D eigenvalue weighted by Crippen LogP contribution is 2.25. The third-order valence-corrected chi connectivity index (χ3v) is 5.29. The van der Waals surface area contributed by atoms with Gasteiger partial charge in [0.2, 0.25) is 0 Å². The number of carbonyl (C=O) groups excluding carboxylic acids is 2. The van der Waals surface area contributed by atoms with Crippen LogP contribution >= 0.6 is 0 Å². The van der Waals surface area contributed by atoms with Crippen molar-refractivity contribution in [3.63, 3.8) is 0 Å². The number of hydrogen-bond donors (Lipinski definition) is 2. The maximum Gasteiger partial charge on any atom is 0.329 e. The summed E-state index contributed by atoms with van der Waals surface area (Å²) in [5.74, 6) is -0.327. The van der Waals surface area contributed by atoms with Crippen LogP contribution in [0.1, 0.15) is 18.9 Å². The summed E-state index contributed by atoms with van der Waals surface area (Å²) in [5.41, 5.74) is 5.76. The van der Waals surface area contributed by atoms with E-state index < -0.39 is 11.8 Å². The maximum atomic E-state index is 12.3. The van der Waals surface area contributed by atoms with Gasteiger partial charge in [-0.3, -0.25) is 9.59 Å². The van der Waals surface area contributed by atoms with Gasteiger partial charge in [0.1, 0.15) is 17.2 Å². The molecule has 0 unspecified atom stereocenters. The summed E-state index contributed by atoms with van der Waals surface area (Å²) < 4.78 is 12.5. The molecular formula is C28H27N5O4. The van der Waals surface area contributed by atoms with Crippen LogP contribution in [0, 0.1) is 0 Å². The van der Waals surface area contributed by atoms with E-state index in [1.807, 2.05) is 54.6 Å². The predicted molar refractivity (Wildman–Crippen MR) is 142 cm³/mol. The highest BCUT2D eigenvalue weighted by atomic mass is 16.5. The second kappa shape index (κ2) is 12.2. The molecule has 0 aliphatic rings. The minimum absolute atomic E-state index is 0.461. The molecule has 0 saturated carbocycles. The zero-order valence-electron chi connectivity index (χ0n) is 20.5. The largest absolute Gasteiger partial charge is 0.497 e. The number of nitrogens with one attached hydrogen (secondary N) is 2. The lowest BCUT2D eigenvalue weighted by Crippen LogP contribution is -2.32.